The van der Waals surface area contributed by atoms with Crippen molar-refractivity contribution in [2.24, 2.45) is 0 Å². The van der Waals surface area contributed by atoms with Gasteiger partial charge in [-0.3, -0.25) is 9.78 Å². The lowest BCUT2D eigenvalue weighted by Gasteiger charge is -2.11. The molecule has 21 heavy (non-hydrogen) atoms. The third-order valence-electron chi connectivity index (χ3n) is 2.72. The van der Waals surface area contributed by atoms with Crippen molar-refractivity contribution in [1.29, 1.82) is 0 Å². The Morgan fingerprint density at radius 3 is 2.52 bits per heavy atom. The van der Waals surface area contributed by atoms with E-state index in [2.05, 4.69) is 10.3 Å². The van der Waals surface area contributed by atoms with Gasteiger partial charge in [0, 0.05) is 17.6 Å². The fraction of sp³-hybridized carbons (Fsp3) is 0.250. The number of halogens is 1. The first kappa shape index (κ1) is 15.3. The average Bonchev–Trinajstić information content (AvgIpc) is 2.40. The van der Waals surface area contributed by atoms with Crippen LogP contribution >= 0.6 is 11.6 Å². The molecule has 0 saturated heterocycles. The van der Waals surface area contributed by atoms with Crippen LogP contribution < -0.4 is 10.1 Å². The minimum atomic E-state index is -0.287. The lowest BCUT2D eigenvalue weighted by atomic mass is 10.2. The Bertz CT molecular complexity index is 639. The molecular weight excluding hydrogens is 288 g/mol. The van der Waals surface area contributed by atoms with Crippen LogP contribution in [0.4, 0.5) is 5.69 Å². The first-order chi connectivity index (χ1) is 9.95. The molecule has 0 radical (unpaired) electrons. The summed E-state index contributed by atoms with van der Waals surface area (Å²) in [6.45, 7) is 5.74. The maximum absolute atomic E-state index is 12.1. The number of rotatable bonds is 4. The van der Waals surface area contributed by atoms with Gasteiger partial charge in [-0.05, 0) is 51.1 Å². The number of pyridine rings is 1. The normalized spacial score (nSPS) is 10.5. The van der Waals surface area contributed by atoms with Crippen molar-refractivity contribution >= 4 is 23.2 Å². The monoisotopic (exact) mass is 304 g/mol. The summed E-state index contributed by atoms with van der Waals surface area (Å²) in [5, 5.41) is 3.17. The summed E-state index contributed by atoms with van der Waals surface area (Å²) in [5.74, 6) is 0.475. The average molecular weight is 305 g/mol. The molecule has 1 aromatic carbocycles. The molecule has 0 unspecified atom stereocenters. The summed E-state index contributed by atoms with van der Waals surface area (Å²) in [7, 11) is 0. The zero-order valence-corrected chi connectivity index (χ0v) is 12.9. The number of carbonyl (C=O) groups is 1. The molecule has 0 bridgehead atoms. The summed E-state index contributed by atoms with van der Waals surface area (Å²) in [5.41, 5.74) is 1.80. The Kier molecular flexibility index (Phi) is 4.81. The van der Waals surface area contributed by atoms with Crippen LogP contribution in [-0.4, -0.2) is 17.0 Å². The summed E-state index contributed by atoms with van der Waals surface area (Å²) >= 11 is 6.05. The van der Waals surface area contributed by atoms with Crippen molar-refractivity contribution in [2.45, 2.75) is 26.9 Å². The van der Waals surface area contributed by atoms with E-state index in [0.29, 0.717) is 16.3 Å². The standard InChI is InChI=1S/C16H17ClN2O2/c1-10(2)21-13-6-4-12(5-7-13)19-16(20)14-9-18-11(3)8-15(14)17/h4-10H,1-3H3,(H,19,20). The Balaban J connectivity index is 2.08. The van der Waals surface area contributed by atoms with Gasteiger partial charge in [0.15, 0.2) is 0 Å². The Morgan fingerprint density at radius 1 is 1.29 bits per heavy atom. The molecule has 1 heterocycles. The van der Waals surface area contributed by atoms with Crippen LogP contribution in [0.1, 0.15) is 29.9 Å². The Labute approximate surface area is 129 Å². The summed E-state index contributed by atoms with van der Waals surface area (Å²) in [4.78, 5) is 16.2. The predicted molar refractivity (Wildman–Crippen MR) is 84.1 cm³/mol. The molecule has 4 nitrogen and oxygen atoms in total. The lowest BCUT2D eigenvalue weighted by molar-refractivity contribution is 0.102. The fourth-order valence-electron chi connectivity index (χ4n) is 1.78. The number of carbonyl (C=O) groups excluding carboxylic acids is 1. The van der Waals surface area contributed by atoms with Crippen molar-refractivity contribution in [3.63, 3.8) is 0 Å². The van der Waals surface area contributed by atoms with Gasteiger partial charge in [0.25, 0.3) is 5.91 Å². The van der Waals surface area contributed by atoms with E-state index >= 15 is 0 Å². The van der Waals surface area contributed by atoms with Crippen LogP contribution in [0.2, 0.25) is 5.02 Å². The minimum absolute atomic E-state index is 0.114. The SMILES string of the molecule is Cc1cc(Cl)c(C(=O)Nc2ccc(OC(C)C)cc2)cn1. The molecule has 0 aliphatic rings. The number of amides is 1. The van der Waals surface area contributed by atoms with Crippen LogP contribution in [0.25, 0.3) is 0 Å². The van der Waals surface area contributed by atoms with Crippen molar-refractivity contribution < 1.29 is 9.53 Å². The van der Waals surface area contributed by atoms with Crippen LogP contribution in [-0.2, 0) is 0 Å². The molecule has 0 saturated carbocycles. The number of ether oxygens (including phenoxy) is 1. The second-order valence-electron chi connectivity index (χ2n) is 4.95. The molecule has 0 atom stereocenters. The number of nitrogens with zero attached hydrogens (tertiary/aromatic N) is 1. The van der Waals surface area contributed by atoms with E-state index in [1.54, 1.807) is 18.2 Å². The largest absolute Gasteiger partial charge is 0.491 e. The lowest BCUT2D eigenvalue weighted by Crippen LogP contribution is -2.13. The van der Waals surface area contributed by atoms with Gasteiger partial charge < -0.3 is 10.1 Å². The summed E-state index contributed by atoms with van der Waals surface area (Å²) < 4.78 is 5.55. The predicted octanol–water partition coefficient (Wildman–Crippen LogP) is 4.08. The van der Waals surface area contributed by atoms with E-state index in [9.17, 15) is 4.79 Å². The van der Waals surface area contributed by atoms with E-state index in [1.807, 2.05) is 32.9 Å². The van der Waals surface area contributed by atoms with E-state index in [1.165, 1.54) is 6.20 Å². The van der Waals surface area contributed by atoms with Gasteiger partial charge in [0.05, 0.1) is 16.7 Å². The van der Waals surface area contributed by atoms with Crippen molar-refractivity contribution in [3.05, 3.63) is 52.8 Å². The van der Waals surface area contributed by atoms with Crippen molar-refractivity contribution in [3.8, 4) is 5.75 Å². The van der Waals surface area contributed by atoms with E-state index < -0.39 is 0 Å². The number of aromatic nitrogens is 1. The number of nitrogens with one attached hydrogen (secondary N) is 1. The molecule has 0 spiro atoms. The zero-order chi connectivity index (χ0) is 15.4. The molecule has 1 aromatic heterocycles. The fourth-order valence-corrected chi connectivity index (χ4v) is 2.07. The quantitative estimate of drug-likeness (QED) is 0.926. The van der Waals surface area contributed by atoms with E-state index in [0.717, 1.165) is 11.4 Å². The number of hydrogen-bond donors (Lipinski definition) is 1. The molecule has 0 fully saturated rings. The molecule has 0 aliphatic carbocycles. The molecule has 0 aliphatic heterocycles. The van der Waals surface area contributed by atoms with Crippen LogP contribution in [0.3, 0.4) is 0 Å². The maximum atomic E-state index is 12.1. The van der Waals surface area contributed by atoms with E-state index in [-0.39, 0.29) is 12.0 Å². The van der Waals surface area contributed by atoms with Gasteiger partial charge in [0.1, 0.15) is 5.75 Å². The number of anilines is 1. The minimum Gasteiger partial charge on any atom is -0.491 e. The zero-order valence-electron chi connectivity index (χ0n) is 12.2. The molecule has 5 heteroatoms. The van der Waals surface area contributed by atoms with Crippen molar-refractivity contribution in [1.82, 2.24) is 4.98 Å². The first-order valence-corrected chi connectivity index (χ1v) is 7.03. The highest BCUT2D eigenvalue weighted by Gasteiger charge is 2.11. The number of hydrogen-bond acceptors (Lipinski definition) is 3. The van der Waals surface area contributed by atoms with Crippen LogP contribution in [0, 0.1) is 6.92 Å². The maximum Gasteiger partial charge on any atom is 0.258 e. The first-order valence-electron chi connectivity index (χ1n) is 6.66. The van der Waals surface area contributed by atoms with Gasteiger partial charge in [-0.15, -0.1) is 0 Å². The van der Waals surface area contributed by atoms with Crippen LogP contribution in [0.15, 0.2) is 36.5 Å². The molecule has 1 N–H and O–H groups in total. The molecule has 1 amide bonds. The summed E-state index contributed by atoms with van der Waals surface area (Å²) in [6.07, 6.45) is 1.59. The Hall–Kier alpha value is -2.07. The highest BCUT2D eigenvalue weighted by Crippen LogP contribution is 2.20. The second kappa shape index (κ2) is 6.59. The van der Waals surface area contributed by atoms with Gasteiger partial charge in [0.2, 0.25) is 0 Å². The van der Waals surface area contributed by atoms with E-state index in [4.69, 9.17) is 16.3 Å². The summed E-state index contributed by atoms with van der Waals surface area (Å²) in [6, 6.07) is 8.85. The van der Waals surface area contributed by atoms with Gasteiger partial charge in [-0.2, -0.15) is 0 Å². The Morgan fingerprint density at radius 2 is 1.95 bits per heavy atom. The number of aryl methyl sites for hydroxylation is 1. The van der Waals surface area contributed by atoms with Crippen LogP contribution in [0.5, 0.6) is 5.75 Å². The van der Waals surface area contributed by atoms with Crippen molar-refractivity contribution in [2.75, 3.05) is 5.32 Å². The smallest absolute Gasteiger partial charge is 0.258 e. The highest BCUT2D eigenvalue weighted by molar-refractivity contribution is 6.34. The second-order valence-corrected chi connectivity index (χ2v) is 5.36. The van der Waals surface area contributed by atoms with Gasteiger partial charge in [-0.25, -0.2) is 0 Å². The number of benzene rings is 1. The third kappa shape index (κ3) is 4.20. The third-order valence-corrected chi connectivity index (χ3v) is 3.03. The van der Waals surface area contributed by atoms with Gasteiger partial charge >= 0.3 is 0 Å². The highest BCUT2D eigenvalue weighted by atomic mass is 35.5. The molecule has 2 aromatic rings. The molecular formula is C16H17ClN2O2. The molecule has 110 valence electrons. The molecule has 2 rings (SSSR count). The van der Waals surface area contributed by atoms with Gasteiger partial charge in [-0.1, -0.05) is 11.6 Å². The topological polar surface area (TPSA) is 51.2 Å².